The van der Waals surface area contributed by atoms with Gasteiger partial charge in [-0.1, -0.05) is 0 Å². The molecule has 0 saturated carbocycles. The molecule has 2 amide bonds. The lowest BCUT2D eigenvalue weighted by Crippen LogP contribution is -2.34. The van der Waals surface area contributed by atoms with Crippen molar-refractivity contribution in [1.29, 1.82) is 0 Å². The van der Waals surface area contributed by atoms with Crippen molar-refractivity contribution in [3.8, 4) is 0 Å². The fourth-order valence-corrected chi connectivity index (χ4v) is 4.34. The highest BCUT2D eigenvalue weighted by Gasteiger charge is 2.48. The molecular weight excluding hydrogens is 326 g/mol. The Balaban J connectivity index is 1.43. The number of likely N-dealkylation sites (tertiary alicyclic amines) is 2. The van der Waals surface area contributed by atoms with E-state index in [1.54, 1.807) is 23.5 Å². The van der Waals surface area contributed by atoms with Crippen LogP contribution in [0, 0.1) is 12.3 Å². The van der Waals surface area contributed by atoms with Crippen molar-refractivity contribution in [3.63, 3.8) is 0 Å². The normalized spacial score (nSPS) is 23.6. The molecule has 2 fully saturated rings. The van der Waals surface area contributed by atoms with Crippen LogP contribution in [-0.2, 0) is 11.3 Å². The van der Waals surface area contributed by atoms with Crippen LogP contribution in [0.2, 0.25) is 0 Å². The Morgan fingerprint density at radius 2 is 2.33 bits per heavy atom. The Kier molecular flexibility index (Phi) is 3.68. The van der Waals surface area contributed by atoms with Gasteiger partial charge in [-0.25, -0.2) is 4.98 Å². The second-order valence-corrected chi connectivity index (χ2v) is 7.80. The maximum atomic E-state index is 12.4. The summed E-state index contributed by atoms with van der Waals surface area (Å²) in [5, 5.41) is 3.03. The fourth-order valence-electron chi connectivity index (χ4n) is 3.74. The lowest BCUT2D eigenvalue weighted by molar-refractivity contribution is -0.128. The minimum absolute atomic E-state index is 0.0853. The molecule has 2 aromatic heterocycles. The first kappa shape index (κ1) is 15.4. The summed E-state index contributed by atoms with van der Waals surface area (Å²) >= 11 is 1.60. The van der Waals surface area contributed by atoms with Gasteiger partial charge in [-0.05, 0) is 25.5 Å². The molecule has 0 radical (unpaired) electrons. The number of aryl methyl sites for hydroxylation is 1. The van der Waals surface area contributed by atoms with Gasteiger partial charge in [0.1, 0.15) is 0 Å². The minimum Gasteiger partial charge on any atom is -0.459 e. The molecule has 4 heterocycles. The third-order valence-corrected chi connectivity index (χ3v) is 5.70. The zero-order valence-electron chi connectivity index (χ0n) is 13.5. The lowest BCUT2D eigenvalue weighted by atomic mass is 9.86. The molecule has 6 nitrogen and oxygen atoms in total. The monoisotopic (exact) mass is 345 g/mol. The molecule has 24 heavy (non-hydrogen) atoms. The topological polar surface area (TPSA) is 66.7 Å². The van der Waals surface area contributed by atoms with Crippen LogP contribution in [0.1, 0.15) is 34.1 Å². The average Bonchev–Trinajstić information content (AvgIpc) is 3.30. The van der Waals surface area contributed by atoms with Gasteiger partial charge in [0, 0.05) is 36.9 Å². The van der Waals surface area contributed by atoms with E-state index in [1.807, 2.05) is 22.1 Å². The summed E-state index contributed by atoms with van der Waals surface area (Å²) in [6.45, 7) is 4.53. The van der Waals surface area contributed by atoms with Gasteiger partial charge in [-0.15, -0.1) is 11.3 Å². The van der Waals surface area contributed by atoms with Gasteiger partial charge in [0.05, 0.1) is 23.5 Å². The van der Waals surface area contributed by atoms with E-state index >= 15 is 0 Å². The number of nitrogens with zero attached hydrogens (tertiary/aromatic N) is 3. The van der Waals surface area contributed by atoms with E-state index in [-0.39, 0.29) is 17.2 Å². The summed E-state index contributed by atoms with van der Waals surface area (Å²) in [6, 6.07) is 3.40. The second kappa shape index (κ2) is 5.73. The first-order valence-corrected chi connectivity index (χ1v) is 8.94. The number of furan rings is 1. The van der Waals surface area contributed by atoms with Crippen molar-refractivity contribution in [3.05, 3.63) is 40.2 Å². The van der Waals surface area contributed by atoms with Gasteiger partial charge in [0.2, 0.25) is 5.91 Å². The van der Waals surface area contributed by atoms with Crippen LogP contribution in [0.3, 0.4) is 0 Å². The zero-order chi connectivity index (χ0) is 16.7. The van der Waals surface area contributed by atoms with Crippen LogP contribution in [0.25, 0.3) is 0 Å². The predicted molar refractivity (Wildman–Crippen MR) is 88.5 cm³/mol. The first-order valence-electron chi connectivity index (χ1n) is 8.06. The molecule has 0 N–H and O–H groups in total. The summed E-state index contributed by atoms with van der Waals surface area (Å²) in [5.74, 6) is 0.442. The van der Waals surface area contributed by atoms with Crippen LogP contribution >= 0.6 is 11.3 Å². The Hall–Kier alpha value is -2.15. The summed E-state index contributed by atoms with van der Waals surface area (Å²) in [6.07, 6.45) is 2.88. The summed E-state index contributed by atoms with van der Waals surface area (Å²) in [5.41, 5.74) is 0.828. The van der Waals surface area contributed by atoms with Crippen LogP contribution in [-0.4, -0.2) is 46.2 Å². The number of aromatic nitrogens is 1. The van der Waals surface area contributed by atoms with E-state index in [1.165, 1.54) is 6.26 Å². The largest absolute Gasteiger partial charge is 0.459 e. The predicted octanol–water partition coefficient (Wildman–Crippen LogP) is 2.31. The SMILES string of the molecule is Cc1nc(CN2C[C@]3(CCN(C(=O)c4ccco4)C3)CC2=O)cs1. The van der Waals surface area contributed by atoms with Crippen LogP contribution < -0.4 is 0 Å². The Morgan fingerprint density at radius 3 is 3.04 bits per heavy atom. The highest BCUT2D eigenvalue weighted by molar-refractivity contribution is 7.09. The minimum atomic E-state index is -0.121. The average molecular weight is 345 g/mol. The summed E-state index contributed by atoms with van der Waals surface area (Å²) in [4.78, 5) is 33.0. The van der Waals surface area contributed by atoms with Gasteiger partial charge in [0.15, 0.2) is 5.76 Å². The molecule has 0 aromatic carbocycles. The third kappa shape index (κ3) is 2.73. The van der Waals surface area contributed by atoms with Gasteiger partial charge < -0.3 is 14.2 Å². The van der Waals surface area contributed by atoms with Gasteiger partial charge in [-0.2, -0.15) is 0 Å². The lowest BCUT2D eigenvalue weighted by Gasteiger charge is -2.23. The molecule has 2 saturated heterocycles. The fraction of sp³-hybridized carbons (Fsp3) is 0.471. The van der Waals surface area contributed by atoms with Crippen LogP contribution in [0.5, 0.6) is 0 Å². The van der Waals surface area contributed by atoms with Crippen molar-refractivity contribution in [2.45, 2.75) is 26.3 Å². The molecule has 7 heteroatoms. The van der Waals surface area contributed by atoms with E-state index in [4.69, 9.17) is 4.42 Å². The molecule has 126 valence electrons. The molecule has 0 unspecified atom stereocenters. The quantitative estimate of drug-likeness (QED) is 0.856. The summed E-state index contributed by atoms with van der Waals surface area (Å²) < 4.78 is 5.21. The van der Waals surface area contributed by atoms with Crippen molar-refractivity contribution in [2.24, 2.45) is 5.41 Å². The van der Waals surface area contributed by atoms with Crippen molar-refractivity contribution in [2.75, 3.05) is 19.6 Å². The van der Waals surface area contributed by atoms with Gasteiger partial charge in [0.25, 0.3) is 5.91 Å². The molecule has 1 spiro atoms. The van der Waals surface area contributed by atoms with Gasteiger partial charge in [-0.3, -0.25) is 9.59 Å². The molecule has 2 aromatic rings. The van der Waals surface area contributed by atoms with Crippen LogP contribution in [0.15, 0.2) is 28.2 Å². The van der Waals surface area contributed by atoms with E-state index < -0.39 is 0 Å². The smallest absolute Gasteiger partial charge is 0.289 e. The van der Waals surface area contributed by atoms with E-state index in [0.717, 1.165) is 17.1 Å². The van der Waals surface area contributed by atoms with Crippen molar-refractivity contribution < 1.29 is 14.0 Å². The Bertz CT molecular complexity index is 770. The van der Waals surface area contributed by atoms with E-state index in [9.17, 15) is 9.59 Å². The number of hydrogen-bond acceptors (Lipinski definition) is 5. The molecule has 2 aliphatic rings. The molecule has 4 rings (SSSR count). The molecule has 2 aliphatic heterocycles. The van der Waals surface area contributed by atoms with Crippen molar-refractivity contribution in [1.82, 2.24) is 14.8 Å². The number of thiazole rings is 1. The third-order valence-electron chi connectivity index (χ3n) is 4.88. The number of rotatable bonds is 3. The van der Waals surface area contributed by atoms with Crippen molar-refractivity contribution >= 4 is 23.2 Å². The zero-order valence-corrected chi connectivity index (χ0v) is 14.3. The molecule has 0 bridgehead atoms. The number of carbonyl (C=O) groups is 2. The first-order chi connectivity index (χ1) is 11.5. The second-order valence-electron chi connectivity index (χ2n) is 6.74. The maximum Gasteiger partial charge on any atom is 0.289 e. The van der Waals surface area contributed by atoms with E-state index in [2.05, 4.69) is 4.98 Å². The maximum absolute atomic E-state index is 12.4. The number of hydrogen-bond donors (Lipinski definition) is 0. The number of amides is 2. The number of carbonyl (C=O) groups excluding carboxylic acids is 2. The highest BCUT2D eigenvalue weighted by Crippen LogP contribution is 2.41. The Morgan fingerprint density at radius 1 is 1.46 bits per heavy atom. The van der Waals surface area contributed by atoms with Gasteiger partial charge >= 0.3 is 0 Å². The van der Waals surface area contributed by atoms with E-state index in [0.29, 0.717) is 38.4 Å². The molecule has 1 atom stereocenters. The standard InChI is InChI=1S/C17H19N3O3S/c1-12-18-13(9-24-12)8-20-11-17(7-15(20)21)4-5-19(10-17)16(22)14-3-2-6-23-14/h2-3,6,9H,4-5,7-8,10-11H2,1H3/t17-/m1/s1. The Labute approximate surface area is 144 Å². The summed E-state index contributed by atoms with van der Waals surface area (Å²) in [7, 11) is 0. The highest BCUT2D eigenvalue weighted by atomic mass is 32.1. The molecule has 0 aliphatic carbocycles. The molecular formula is C17H19N3O3S. The van der Waals surface area contributed by atoms with Crippen LogP contribution in [0.4, 0.5) is 0 Å².